The van der Waals surface area contributed by atoms with Gasteiger partial charge in [-0.05, 0) is 49.2 Å². The zero-order valence-electron chi connectivity index (χ0n) is 15.9. The number of benzene rings is 1. The Morgan fingerprint density at radius 3 is 2.54 bits per heavy atom. The first-order valence-electron chi connectivity index (χ1n) is 8.48. The van der Waals surface area contributed by atoms with Gasteiger partial charge in [0.25, 0.3) is 0 Å². The number of hydrogen-bond acceptors (Lipinski definition) is 5. The summed E-state index contributed by atoms with van der Waals surface area (Å²) in [5.74, 6) is -1.18. The van der Waals surface area contributed by atoms with E-state index in [9.17, 15) is 14.3 Å². The SMILES string of the molecule is CC[C@@H](NS(=O)C(C)(C)C)c1ccc(Cl)c(Oc2ccc([N+](=O)[O-])nc2)c1F. The number of halogens is 2. The van der Waals surface area contributed by atoms with E-state index in [0.717, 1.165) is 12.3 Å². The van der Waals surface area contributed by atoms with E-state index >= 15 is 4.39 Å². The summed E-state index contributed by atoms with van der Waals surface area (Å²) in [6.07, 6.45) is 1.60. The second kappa shape index (κ2) is 8.93. The zero-order valence-corrected chi connectivity index (χ0v) is 17.4. The predicted molar refractivity (Wildman–Crippen MR) is 106 cm³/mol. The molecule has 1 aromatic heterocycles. The van der Waals surface area contributed by atoms with Crippen molar-refractivity contribution in [3.63, 3.8) is 0 Å². The minimum absolute atomic E-state index is 0.0337. The Morgan fingerprint density at radius 1 is 1.36 bits per heavy atom. The lowest BCUT2D eigenvalue weighted by Gasteiger charge is -2.24. The van der Waals surface area contributed by atoms with Crippen molar-refractivity contribution in [2.75, 3.05) is 0 Å². The summed E-state index contributed by atoms with van der Waals surface area (Å²) in [5.41, 5.74) is 0.259. The van der Waals surface area contributed by atoms with Crippen LogP contribution in [0, 0.1) is 15.9 Å². The molecule has 0 saturated carbocycles. The highest BCUT2D eigenvalue weighted by atomic mass is 35.5. The Labute approximate surface area is 170 Å². The highest BCUT2D eigenvalue weighted by Crippen LogP contribution is 2.37. The molecule has 2 atom stereocenters. The smallest absolute Gasteiger partial charge is 0.363 e. The quantitative estimate of drug-likeness (QED) is 0.489. The third-order valence-electron chi connectivity index (χ3n) is 3.80. The molecule has 2 aromatic rings. The average Bonchev–Trinajstić information content (AvgIpc) is 2.63. The molecule has 0 bridgehead atoms. The van der Waals surface area contributed by atoms with Crippen LogP contribution in [0.4, 0.5) is 10.2 Å². The molecular formula is C18H21ClFN3O4S. The topological polar surface area (TPSA) is 94.4 Å². The Hall–Kier alpha value is -2.10. The van der Waals surface area contributed by atoms with Crippen LogP contribution in [0.2, 0.25) is 5.02 Å². The number of nitro groups is 1. The highest BCUT2D eigenvalue weighted by Gasteiger charge is 2.26. The fourth-order valence-corrected chi connectivity index (χ4v) is 3.33. The maximum atomic E-state index is 15.1. The van der Waals surface area contributed by atoms with Crippen LogP contribution in [0.1, 0.15) is 45.7 Å². The first kappa shape index (κ1) is 22.2. The molecule has 0 aliphatic heterocycles. The molecular weight excluding hydrogens is 409 g/mol. The van der Waals surface area contributed by atoms with Gasteiger partial charge >= 0.3 is 5.82 Å². The molecule has 0 saturated heterocycles. The molecule has 1 aromatic carbocycles. The average molecular weight is 430 g/mol. The maximum absolute atomic E-state index is 15.1. The van der Waals surface area contributed by atoms with Gasteiger partial charge in [-0.1, -0.05) is 24.6 Å². The van der Waals surface area contributed by atoms with Gasteiger partial charge in [0.05, 0.1) is 20.8 Å². The monoisotopic (exact) mass is 429 g/mol. The maximum Gasteiger partial charge on any atom is 0.363 e. The second-order valence-electron chi connectivity index (χ2n) is 6.95. The van der Waals surface area contributed by atoms with Crippen molar-refractivity contribution in [2.24, 2.45) is 0 Å². The molecule has 1 heterocycles. The van der Waals surface area contributed by atoms with Gasteiger partial charge in [-0.2, -0.15) is 0 Å². The third kappa shape index (κ3) is 5.24. The van der Waals surface area contributed by atoms with Crippen molar-refractivity contribution < 1.29 is 18.3 Å². The van der Waals surface area contributed by atoms with Crippen LogP contribution in [0.3, 0.4) is 0 Å². The van der Waals surface area contributed by atoms with Crippen molar-refractivity contribution in [1.82, 2.24) is 9.71 Å². The van der Waals surface area contributed by atoms with E-state index in [1.54, 1.807) is 0 Å². The van der Waals surface area contributed by atoms with Gasteiger partial charge in [0.1, 0.15) is 0 Å². The van der Waals surface area contributed by atoms with Gasteiger partial charge in [-0.3, -0.25) is 0 Å². The standard InChI is InChI=1S/C18H21ClFN3O4S/c1-5-14(22-28(26)18(2,3)4)12-7-8-13(19)17(16(12)20)27-11-6-9-15(21-10-11)23(24)25/h6-10,14,22H,5H2,1-4H3/t14-,28?/m1/s1. The molecule has 0 radical (unpaired) electrons. The molecule has 0 fully saturated rings. The van der Waals surface area contributed by atoms with Crippen LogP contribution in [0.15, 0.2) is 30.5 Å². The Balaban J connectivity index is 2.34. The summed E-state index contributed by atoms with van der Waals surface area (Å²) >= 11 is 6.09. The number of ether oxygens (including phenoxy) is 1. The first-order valence-corrected chi connectivity index (χ1v) is 10.0. The summed E-state index contributed by atoms with van der Waals surface area (Å²) in [7, 11) is -1.40. The fraction of sp³-hybridized carbons (Fsp3) is 0.389. The summed E-state index contributed by atoms with van der Waals surface area (Å²) in [5, 5.41) is 10.7. The van der Waals surface area contributed by atoms with Crippen LogP contribution >= 0.6 is 11.6 Å². The van der Waals surface area contributed by atoms with Gasteiger partial charge in [0.15, 0.2) is 23.5 Å². The second-order valence-corrected chi connectivity index (χ2v) is 9.36. The van der Waals surface area contributed by atoms with E-state index in [1.807, 2.05) is 27.7 Å². The van der Waals surface area contributed by atoms with Crippen molar-refractivity contribution in [3.05, 3.63) is 57.0 Å². The van der Waals surface area contributed by atoms with Gasteiger partial charge in [0, 0.05) is 17.7 Å². The molecule has 0 spiro atoms. The predicted octanol–water partition coefficient (Wildman–Crippen LogP) is 5.08. The molecule has 7 nitrogen and oxygen atoms in total. The molecule has 28 heavy (non-hydrogen) atoms. The van der Waals surface area contributed by atoms with E-state index in [4.69, 9.17) is 16.3 Å². The Kier molecular flexibility index (Phi) is 7.08. The van der Waals surface area contributed by atoms with Crippen molar-refractivity contribution in [3.8, 4) is 11.5 Å². The fourth-order valence-electron chi connectivity index (χ4n) is 2.24. The summed E-state index contributed by atoms with van der Waals surface area (Å²) in [6, 6.07) is 4.93. The Bertz CT molecular complexity index is 888. The lowest BCUT2D eigenvalue weighted by Crippen LogP contribution is -2.35. The molecule has 0 aliphatic carbocycles. The first-order chi connectivity index (χ1) is 13.0. The third-order valence-corrected chi connectivity index (χ3v) is 5.70. The number of nitrogens with zero attached hydrogens (tertiary/aromatic N) is 2. The van der Waals surface area contributed by atoms with E-state index in [1.165, 1.54) is 18.2 Å². The minimum Gasteiger partial charge on any atom is -0.449 e. The number of aromatic nitrogens is 1. The number of pyridine rings is 1. The van der Waals surface area contributed by atoms with Crippen molar-refractivity contribution in [2.45, 2.75) is 44.9 Å². The molecule has 10 heteroatoms. The van der Waals surface area contributed by atoms with Crippen LogP contribution in [0.25, 0.3) is 0 Å². The highest BCUT2D eigenvalue weighted by molar-refractivity contribution is 7.84. The molecule has 152 valence electrons. The normalized spacial score (nSPS) is 13.8. The lowest BCUT2D eigenvalue weighted by atomic mass is 10.0. The summed E-state index contributed by atoms with van der Waals surface area (Å²) in [6.45, 7) is 7.29. The zero-order chi connectivity index (χ0) is 21.1. The largest absolute Gasteiger partial charge is 0.449 e. The van der Waals surface area contributed by atoms with Gasteiger partial charge in [-0.25, -0.2) is 13.3 Å². The van der Waals surface area contributed by atoms with Gasteiger partial charge in [-0.15, -0.1) is 0 Å². The van der Waals surface area contributed by atoms with Crippen LogP contribution in [0.5, 0.6) is 11.5 Å². The molecule has 1 N–H and O–H groups in total. The summed E-state index contributed by atoms with van der Waals surface area (Å²) in [4.78, 5) is 13.7. The summed E-state index contributed by atoms with van der Waals surface area (Å²) < 4.78 is 35.5. The van der Waals surface area contributed by atoms with Crippen molar-refractivity contribution >= 4 is 28.4 Å². The molecule has 0 amide bonds. The molecule has 1 unspecified atom stereocenters. The van der Waals surface area contributed by atoms with E-state index in [0.29, 0.717) is 6.42 Å². The van der Waals surface area contributed by atoms with Crippen LogP contribution in [-0.4, -0.2) is 18.9 Å². The molecule has 2 rings (SSSR count). The van der Waals surface area contributed by atoms with Gasteiger partial charge < -0.3 is 14.9 Å². The van der Waals surface area contributed by atoms with E-state index in [2.05, 4.69) is 9.71 Å². The Morgan fingerprint density at radius 2 is 2.04 bits per heavy atom. The number of nitrogens with one attached hydrogen (secondary N) is 1. The lowest BCUT2D eigenvalue weighted by molar-refractivity contribution is -0.389. The van der Waals surface area contributed by atoms with Crippen LogP contribution < -0.4 is 9.46 Å². The molecule has 0 aliphatic rings. The van der Waals surface area contributed by atoms with E-state index < -0.39 is 32.5 Å². The minimum atomic E-state index is -1.40. The van der Waals surface area contributed by atoms with Crippen molar-refractivity contribution in [1.29, 1.82) is 0 Å². The number of rotatable bonds is 7. The van der Waals surface area contributed by atoms with Crippen LogP contribution in [-0.2, 0) is 11.0 Å². The van der Waals surface area contributed by atoms with Gasteiger partial charge in [0.2, 0.25) is 0 Å². The van der Waals surface area contributed by atoms with E-state index in [-0.39, 0.29) is 27.9 Å². The number of hydrogen-bond donors (Lipinski definition) is 1.